The van der Waals surface area contributed by atoms with Gasteiger partial charge in [-0.3, -0.25) is 25.0 Å². The van der Waals surface area contributed by atoms with Gasteiger partial charge in [0.2, 0.25) is 11.8 Å². The van der Waals surface area contributed by atoms with E-state index >= 15 is 0 Å². The smallest absolute Gasteiger partial charge is 0.411 e. The molecule has 4 rings (SSSR count). The number of nitrogens with zero attached hydrogens (tertiary/aromatic N) is 1. The number of halogens is 2. The van der Waals surface area contributed by atoms with E-state index in [4.69, 9.17) is 21.1 Å². The van der Waals surface area contributed by atoms with Gasteiger partial charge < -0.3 is 14.4 Å². The molecule has 33 heavy (non-hydrogen) atoms. The van der Waals surface area contributed by atoms with Crippen molar-refractivity contribution < 1.29 is 33.0 Å². The predicted octanol–water partition coefficient (Wildman–Crippen LogP) is 3.00. The van der Waals surface area contributed by atoms with E-state index < -0.39 is 23.9 Å². The van der Waals surface area contributed by atoms with Crippen LogP contribution in [-0.4, -0.2) is 41.9 Å². The standard InChI is InChI=1S/C22H19ClFN3O6/c1-32-18-7-11(10-33-22(31)25-12-2-3-16(24)15(23)8-12)6-13-14(18)9-27(21(13)30)17-4-5-19(28)26-20(17)29/h2-3,6-8,17H,4-5,9-10H2,1H3,(H,25,31)(H,26,28,29). The zero-order valence-electron chi connectivity index (χ0n) is 17.4. The van der Waals surface area contributed by atoms with Crippen molar-refractivity contribution in [2.75, 3.05) is 12.4 Å². The fraction of sp³-hybridized carbons (Fsp3) is 0.273. The molecular formula is C22H19ClFN3O6. The molecule has 1 saturated heterocycles. The highest BCUT2D eigenvalue weighted by Gasteiger charge is 2.40. The molecule has 172 valence electrons. The molecule has 0 spiro atoms. The van der Waals surface area contributed by atoms with Crippen LogP contribution in [0.1, 0.15) is 34.3 Å². The van der Waals surface area contributed by atoms with Crippen LogP contribution in [0.15, 0.2) is 30.3 Å². The first-order chi connectivity index (χ1) is 15.8. The number of imide groups is 1. The van der Waals surface area contributed by atoms with Gasteiger partial charge in [0.05, 0.1) is 18.7 Å². The van der Waals surface area contributed by atoms with Crippen LogP contribution in [0, 0.1) is 5.82 Å². The Morgan fingerprint density at radius 2 is 2.06 bits per heavy atom. The van der Waals surface area contributed by atoms with E-state index in [1.807, 2.05) is 0 Å². The first-order valence-electron chi connectivity index (χ1n) is 10.00. The third-order valence-electron chi connectivity index (χ3n) is 5.43. The summed E-state index contributed by atoms with van der Waals surface area (Å²) in [6, 6.07) is 6.17. The van der Waals surface area contributed by atoms with Gasteiger partial charge in [0.1, 0.15) is 24.2 Å². The van der Waals surface area contributed by atoms with Crippen molar-refractivity contribution in [2.45, 2.75) is 32.0 Å². The molecule has 1 fully saturated rings. The lowest BCUT2D eigenvalue weighted by atomic mass is 10.0. The number of ether oxygens (including phenoxy) is 2. The first kappa shape index (κ1) is 22.5. The Kier molecular flexibility index (Phi) is 6.19. The molecule has 0 aromatic heterocycles. The molecule has 0 aliphatic carbocycles. The second-order valence-corrected chi connectivity index (χ2v) is 7.96. The topological polar surface area (TPSA) is 114 Å². The van der Waals surface area contributed by atoms with Crippen LogP contribution in [0.3, 0.4) is 0 Å². The second kappa shape index (κ2) is 9.07. The van der Waals surface area contributed by atoms with Crippen molar-refractivity contribution in [1.29, 1.82) is 0 Å². The summed E-state index contributed by atoms with van der Waals surface area (Å²) in [7, 11) is 1.45. The van der Waals surface area contributed by atoms with Gasteiger partial charge in [-0.1, -0.05) is 11.6 Å². The third kappa shape index (κ3) is 4.61. The van der Waals surface area contributed by atoms with Crippen LogP contribution in [0.2, 0.25) is 5.02 Å². The lowest BCUT2D eigenvalue weighted by molar-refractivity contribution is -0.136. The van der Waals surface area contributed by atoms with E-state index in [1.54, 1.807) is 12.1 Å². The lowest BCUT2D eigenvalue weighted by Crippen LogP contribution is -2.52. The van der Waals surface area contributed by atoms with Crippen LogP contribution >= 0.6 is 11.6 Å². The fourth-order valence-corrected chi connectivity index (χ4v) is 4.01. The minimum absolute atomic E-state index is 0.143. The number of nitrogens with one attached hydrogen (secondary N) is 2. The molecule has 1 atom stereocenters. The van der Waals surface area contributed by atoms with Crippen LogP contribution < -0.4 is 15.4 Å². The monoisotopic (exact) mass is 475 g/mol. The molecule has 0 radical (unpaired) electrons. The van der Waals surface area contributed by atoms with Crippen LogP contribution in [-0.2, 0) is 27.5 Å². The zero-order valence-corrected chi connectivity index (χ0v) is 18.2. The van der Waals surface area contributed by atoms with Gasteiger partial charge in [-0.05, 0) is 42.3 Å². The Hall–Kier alpha value is -3.66. The van der Waals surface area contributed by atoms with Crippen LogP contribution in [0.5, 0.6) is 5.75 Å². The van der Waals surface area contributed by atoms with Crippen molar-refractivity contribution >= 4 is 41.1 Å². The molecule has 2 aliphatic heterocycles. The van der Waals surface area contributed by atoms with Crippen molar-refractivity contribution in [3.63, 3.8) is 0 Å². The number of fused-ring (bicyclic) bond motifs is 1. The van der Waals surface area contributed by atoms with E-state index in [1.165, 1.54) is 24.1 Å². The third-order valence-corrected chi connectivity index (χ3v) is 5.72. The van der Waals surface area contributed by atoms with Crippen LogP contribution in [0.25, 0.3) is 0 Å². The van der Waals surface area contributed by atoms with Gasteiger partial charge in [0, 0.05) is 23.2 Å². The quantitative estimate of drug-likeness (QED) is 0.643. The van der Waals surface area contributed by atoms with Crippen molar-refractivity contribution in [2.24, 2.45) is 0 Å². The van der Waals surface area contributed by atoms with Gasteiger partial charge in [-0.15, -0.1) is 0 Å². The molecular weight excluding hydrogens is 457 g/mol. The van der Waals surface area contributed by atoms with Gasteiger partial charge >= 0.3 is 6.09 Å². The lowest BCUT2D eigenvalue weighted by Gasteiger charge is -2.29. The largest absolute Gasteiger partial charge is 0.496 e. The second-order valence-electron chi connectivity index (χ2n) is 7.55. The summed E-state index contributed by atoms with van der Waals surface area (Å²) in [5, 5.41) is 4.55. The van der Waals surface area contributed by atoms with Crippen LogP contribution in [0.4, 0.5) is 14.9 Å². The number of carbonyl (C=O) groups is 4. The van der Waals surface area contributed by atoms with Crippen molar-refractivity contribution in [1.82, 2.24) is 10.2 Å². The molecule has 0 saturated carbocycles. The van der Waals surface area contributed by atoms with Crippen molar-refractivity contribution in [3.8, 4) is 5.75 Å². The van der Waals surface area contributed by atoms with Crippen molar-refractivity contribution in [3.05, 3.63) is 57.9 Å². The number of amides is 4. The minimum Gasteiger partial charge on any atom is -0.496 e. The fourth-order valence-electron chi connectivity index (χ4n) is 3.83. The maximum absolute atomic E-state index is 13.2. The maximum atomic E-state index is 13.2. The zero-order chi connectivity index (χ0) is 23.7. The van der Waals surface area contributed by atoms with E-state index in [0.717, 1.165) is 6.07 Å². The van der Waals surface area contributed by atoms with Gasteiger partial charge in [-0.25, -0.2) is 9.18 Å². The molecule has 11 heteroatoms. The average molecular weight is 476 g/mol. The number of hydrogen-bond donors (Lipinski definition) is 2. The number of carbonyl (C=O) groups excluding carboxylic acids is 4. The number of rotatable bonds is 5. The first-order valence-corrected chi connectivity index (χ1v) is 10.4. The SMILES string of the molecule is COc1cc(COC(=O)Nc2ccc(F)c(Cl)c2)cc2c1CN(C1CCC(=O)NC1=O)C2=O. The Labute approximate surface area is 192 Å². The number of piperidine rings is 1. The summed E-state index contributed by atoms with van der Waals surface area (Å²) >= 11 is 5.70. The summed E-state index contributed by atoms with van der Waals surface area (Å²) in [5.74, 6) is -1.44. The predicted molar refractivity (Wildman–Crippen MR) is 114 cm³/mol. The van der Waals surface area contributed by atoms with E-state index in [2.05, 4.69) is 10.6 Å². The molecule has 2 aromatic carbocycles. The van der Waals surface area contributed by atoms with E-state index in [9.17, 15) is 23.6 Å². The summed E-state index contributed by atoms with van der Waals surface area (Å²) < 4.78 is 23.9. The summed E-state index contributed by atoms with van der Waals surface area (Å²) in [6.07, 6.45) is -0.397. The minimum atomic E-state index is -0.798. The highest BCUT2D eigenvalue weighted by Crippen LogP contribution is 2.35. The number of methoxy groups -OCH3 is 1. The Balaban J connectivity index is 1.46. The van der Waals surface area contributed by atoms with Gasteiger partial charge in [0.15, 0.2) is 0 Å². The normalized spacial score (nSPS) is 17.5. The molecule has 9 nitrogen and oxygen atoms in total. The number of hydrogen-bond acceptors (Lipinski definition) is 6. The van der Waals surface area contributed by atoms with Gasteiger partial charge in [-0.2, -0.15) is 0 Å². The molecule has 4 amide bonds. The Morgan fingerprint density at radius 1 is 1.27 bits per heavy atom. The number of benzene rings is 2. The van der Waals surface area contributed by atoms with Gasteiger partial charge in [0.25, 0.3) is 5.91 Å². The number of anilines is 1. The average Bonchev–Trinajstić information content (AvgIpc) is 3.10. The molecule has 2 N–H and O–H groups in total. The molecule has 0 bridgehead atoms. The molecule has 1 unspecified atom stereocenters. The molecule has 2 aromatic rings. The molecule has 2 heterocycles. The summed E-state index contributed by atoms with van der Waals surface area (Å²) in [6.45, 7) is -0.00728. The summed E-state index contributed by atoms with van der Waals surface area (Å²) in [4.78, 5) is 50.2. The Morgan fingerprint density at radius 3 is 2.76 bits per heavy atom. The Bertz CT molecular complexity index is 1170. The molecule has 2 aliphatic rings. The highest BCUT2D eigenvalue weighted by atomic mass is 35.5. The van der Waals surface area contributed by atoms with E-state index in [0.29, 0.717) is 22.4 Å². The van der Waals surface area contributed by atoms with E-state index in [-0.39, 0.29) is 48.5 Å². The summed E-state index contributed by atoms with van der Waals surface area (Å²) in [5.41, 5.74) is 1.70. The highest BCUT2D eigenvalue weighted by molar-refractivity contribution is 6.31. The maximum Gasteiger partial charge on any atom is 0.411 e.